The maximum atomic E-state index is 12.7. The molecule has 1 unspecified atom stereocenters. The van der Waals surface area contributed by atoms with Gasteiger partial charge in [0.15, 0.2) is 0 Å². The van der Waals surface area contributed by atoms with Crippen LogP contribution in [0.3, 0.4) is 0 Å². The SMILES string of the molecule is N#CC(NC(=O)c1ccc(Br)c(C(F)(F)F)c1)C1CC1. The summed E-state index contributed by atoms with van der Waals surface area (Å²) in [5.41, 5.74) is -1.02. The molecule has 0 aromatic heterocycles. The van der Waals surface area contributed by atoms with Crippen molar-refractivity contribution in [1.29, 1.82) is 5.26 Å². The first-order valence-electron chi connectivity index (χ1n) is 5.90. The fraction of sp³-hybridized carbons (Fsp3) is 0.385. The first-order chi connectivity index (χ1) is 9.32. The summed E-state index contributed by atoms with van der Waals surface area (Å²) in [7, 11) is 0. The molecule has 0 heterocycles. The lowest BCUT2D eigenvalue weighted by atomic mass is 10.1. The second-order valence-corrected chi connectivity index (χ2v) is 5.46. The molecule has 1 amide bonds. The van der Waals surface area contributed by atoms with Gasteiger partial charge in [-0.2, -0.15) is 18.4 Å². The van der Waals surface area contributed by atoms with Gasteiger partial charge in [-0.1, -0.05) is 15.9 Å². The van der Waals surface area contributed by atoms with Crippen LogP contribution in [-0.2, 0) is 6.18 Å². The molecule has 1 atom stereocenters. The number of alkyl halides is 3. The molecule has 0 saturated heterocycles. The van der Waals surface area contributed by atoms with Crippen molar-refractivity contribution in [2.24, 2.45) is 5.92 Å². The van der Waals surface area contributed by atoms with Gasteiger partial charge in [-0.05, 0) is 37.0 Å². The van der Waals surface area contributed by atoms with Gasteiger partial charge in [0.25, 0.3) is 5.91 Å². The number of amides is 1. The Balaban J connectivity index is 2.20. The van der Waals surface area contributed by atoms with Crippen molar-refractivity contribution >= 4 is 21.8 Å². The molecule has 106 valence electrons. The summed E-state index contributed by atoms with van der Waals surface area (Å²) in [5.74, 6) is -0.553. The third-order valence-corrected chi connectivity index (χ3v) is 3.74. The molecule has 1 aromatic carbocycles. The van der Waals surface area contributed by atoms with Crippen LogP contribution in [-0.4, -0.2) is 11.9 Å². The number of nitrogens with one attached hydrogen (secondary N) is 1. The van der Waals surface area contributed by atoms with Gasteiger partial charge in [-0.15, -0.1) is 0 Å². The summed E-state index contributed by atoms with van der Waals surface area (Å²) < 4.78 is 38.1. The topological polar surface area (TPSA) is 52.9 Å². The third kappa shape index (κ3) is 3.31. The second-order valence-electron chi connectivity index (χ2n) is 4.61. The van der Waals surface area contributed by atoms with Crippen molar-refractivity contribution in [3.63, 3.8) is 0 Å². The van der Waals surface area contributed by atoms with E-state index < -0.39 is 23.7 Å². The maximum absolute atomic E-state index is 12.7. The molecule has 1 fully saturated rings. The number of carbonyl (C=O) groups excluding carboxylic acids is 1. The molecule has 1 aliphatic carbocycles. The first kappa shape index (κ1) is 14.9. The Morgan fingerprint density at radius 1 is 1.45 bits per heavy atom. The Hall–Kier alpha value is -1.55. The minimum absolute atomic E-state index is 0.110. The van der Waals surface area contributed by atoms with Gasteiger partial charge < -0.3 is 5.32 Å². The van der Waals surface area contributed by atoms with Crippen LogP contribution in [0.4, 0.5) is 13.2 Å². The van der Waals surface area contributed by atoms with Gasteiger partial charge in [0, 0.05) is 10.0 Å². The Labute approximate surface area is 121 Å². The first-order valence-corrected chi connectivity index (χ1v) is 6.69. The van der Waals surface area contributed by atoms with E-state index in [1.807, 2.05) is 6.07 Å². The Morgan fingerprint density at radius 2 is 2.10 bits per heavy atom. The van der Waals surface area contributed by atoms with Crippen molar-refractivity contribution in [3.8, 4) is 6.07 Å². The fourth-order valence-electron chi connectivity index (χ4n) is 1.79. The zero-order valence-corrected chi connectivity index (χ0v) is 11.8. The predicted octanol–water partition coefficient (Wildman–Crippen LogP) is 3.50. The highest BCUT2D eigenvalue weighted by molar-refractivity contribution is 9.10. The van der Waals surface area contributed by atoms with E-state index in [0.717, 1.165) is 18.9 Å². The fourth-order valence-corrected chi connectivity index (χ4v) is 2.26. The van der Waals surface area contributed by atoms with E-state index in [-0.39, 0.29) is 16.0 Å². The summed E-state index contributed by atoms with van der Waals surface area (Å²) in [5, 5.41) is 11.4. The summed E-state index contributed by atoms with van der Waals surface area (Å²) in [6.45, 7) is 0. The molecule has 3 nitrogen and oxygen atoms in total. The van der Waals surface area contributed by atoms with E-state index in [4.69, 9.17) is 5.26 Å². The number of halogens is 4. The minimum Gasteiger partial charge on any atom is -0.336 e. The highest BCUT2D eigenvalue weighted by atomic mass is 79.9. The molecule has 0 spiro atoms. The molecular formula is C13H10BrF3N2O. The van der Waals surface area contributed by atoms with E-state index in [9.17, 15) is 18.0 Å². The van der Waals surface area contributed by atoms with Crippen LogP contribution >= 0.6 is 15.9 Å². The summed E-state index contributed by atoms with van der Waals surface area (Å²) in [6, 6.07) is 4.56. The van der Waals surface area contributed by atoms with E-state index >= 15 is 0 Å². The zero-order chi connectivity index (χ0) is 14.9. The molecule has 2 rings (SSSR count). The molecule has 1 saturated carbocycles. The van der Waals surface area contributed by atoms with E-state index in [1.165, 1.54) is 12.1 Å². The van der Waals surface area contributed by atoms with Gasteiger partial charge in [0.05, 0.1) is 11.6 Å². The number of nitrogens with zero attached hydrogens (tertiary/aromatic N) is 1. The lowest BCUT2D eigenvalue weighted by molar-refractivity contribution is -0.138. The molecule has 0 bridgehead atoms. The summed E-state index contributed by atoms with van der Waals surface area (Å²) >= 11 is 2.81. The highest BCUT2D eigenvalue weighted by Gasteiger charge is 2.35. The molecule has 0 aliphatic heterocycles. The maximum Gasteiger partial charge on any atom is 0.417 e. The number of hydrogen-bond donors (Lipinski definition) is 1. The molecule has 1 aliphatic rings. The van der Waals surface area contributed by atoms with Crippen LogP contribution in [0.5, 0.6) is 0 Å². The van der Waals surface area contributed by atoms with Gasteiger partial charge in [0.2, 0.25) is 0 Å². The average Bonchev–Trinajstić information content (AvgIpc) is 3.19. The van der Waals surface area contributed by atoms with Gasteiger partial charge >= 0.3 is 6.18 Å². The van der Waals surface area contributed by atoms with Crippen molar-refractivity contribution in [1.82, 2.24) is 5.32 Å². The van der Waals surface area contributed by atoms with Crippen LogP contribution in [0.15, 0.2) is 22.7 Å². The average molecular weight is 347 g/mol. The normalized spacial score (nSPS) is 16.4. The quantitative estimate of drug-likeness (QED) is 0.910. The van der Waals surface area contributed by atoms with E-state index in [2.05, 4.69) is 21.2 Å². The van der Waals surface area contributed by atoms with Crippen LogP contribution < -0.4 is 5.32 Å². The Morgan fingerprint density at radius 3 is 2.60 bits per heavy atom. The Bertz CT molecular complexity index is 576. The molecule has 1 aromatic rings. The van der Waals surface area contributed by atoms with Crippen molar-refractivity contribution in [2.75, 3.05) is 0 Å². The molecule has 20 heavy (non-hydrogen) atoms. The van der Waals surface area contributed by atoms with Crippen molar-refractivity contribution in [3.05, 3.63) is 33.8 Å². The predicted molar refractivity (Wildman–Crippen MR) is 68.7 cm³/mol. The van der Waals surface area contributed by atoms with E-state index in [1.54, 1.807) is 0 Å². The van der Waals surface area contributed by atoms with E-state index in [0.29, 0.717) is 0 Å². The monoisotopic (exact) mass is 346 g/mol. The molecule has 7 heteroatoms. The lowest BCUT2D eigenvalue weighted by Gasteiger charge is -2.13. The number of benzene rings is 1. The van der Waals surface area contributed by atoms with Gasteiger partial charge in [0.1, 0.15) is 6.04 Å². The summed E-state index contributed by atoms with van der Waals surface area (Å²) in [6.07, 6.45) is -2.83. The lowest BCUT2D eigenvalue weighted by Crippen LogP contribution is -2.35. The number of carbonyl (C=O) groups is 1. The number of rotatable bonds is 3. The van der Waals surface area contributed by atoms with Crippen molar-refractivity contribution in [2.45, 2.75) is 25.1 Å². The Kier molecular flexibility index (Phi) is 4.04. The van der Waals surface area contributed by atoms with Gasteiger partial charge in [-0.3, -0.25) is 4.79 Å². The standard InChI is InChI=1S/C13H10BrF3N2O/c14-10-4-3-8(5-9(10)13(15,16)17)12(20)19-11(6-18)7-1-2-7/h3-5,7,11H,1-2H2,(H,19,20). The third-order valence-electron chi connectivity index (χ3n) is 3.05. The molecular weight excluding hydrogens is 337 g/mol. The van der Waals surface area contributed by atoms with Crippen LogP contribution in [0.1, 0.15) is 28.8 Å². The zero-order valence-electron chi connectivity index (χ0n) is 10.2. The van der Waals surface area contributed by atoms with Crippen LogP contribution in [0.2, 0.25) is 0 Å². The van der Waals surface area contributed by atoms with Gasteiger partial charge in [-0.25, -0.2) is 0 Å². The van der Waals surface area contributed by atoms with Crippen LogP contribution in [0.25, 0.3) is 0 Å². The highest BCUT2D eigenvalue weighted by Crippen LogP contribution is 2.35. The smallest absolute Gasteiger partial charge is 0.336 e. The molecule has 1 N–H and O–H groups in total. The van der Waals surface area contributed by atoms with Crippen LogP contribution in [0, 0.1) is 17.2 Å². The second kappa shape index (κ2) is 5.44. The van der Waals surface area contributed by atoms with Crippen molar-refractivity contribution < 1.29 is 18.0 Å². The number of hydrogen-bond acceptors (Lipinski definition) is 2. The summed E-state index contributed by atoms with van der Waals surface area (Å²) in [4.78, 5) is 11.9. The minimum atomic E-state index is -4.54. The number of nitriles is 1. The largest absolute Gasteiger partial charge is 0.417 e. The molecule has 0 radical (unpaired) electrons.